The minimum atomic E-state index is -4.62. The van der Waals surface area contributed by atoms with Crippen molar-refractivity contribution < 1.29 is 18.0 Å². The minimum Gasteiger partial charge on any atom is -0.369 e. The van der Waals surface area contributed by atoms with E-state index < -0.39 is 17.2 Å². The van der Waals surface area contributed by atoms with Gasteiger partial charge in [0.15, 0.2) is 5.69 Å². The molecule has 0 bridgehead atoms. The Labute approximate surface area is 186 Å². The number of anilines is 1. The third-order valence-corrected chi connectivity index (χ3v) is 6.27. The standard InChI is InChI=1S/C20H18Cl2F3N5O/c1-27-18(31)19(4-5-19)15-14(8-26)29-30(17(15)28-9-10-2-3-10)16-12(21)6-11(7-13(16)22)20(23,24)25/h6-7,10,28H,2-5,9H2,1H3,(H,27,31). The summed E-state index contributed by atoms with van der Waals surface area (Å²) in [7, 11) is 1.51. The van der Waals surface area contributed by atoms with Crippen LogP contribution < -0.4 is 10.6 Å². The highest BCUT2D eigenvalue weighted by Crippen LogP contribution is 2.53. The Balaban J connectivity index is 1.91. The Morgan fingerprint density at radius 3 is 2.39 bits per heavy atom. The summed E-state index contributed by atoms with van der Waals surface area (Å²) in [5.41, 5.74) is -1.47. The van der Waals surface area contributed by atoms with Gasteiger partial charge in [-0.1, -0.05) is 23.2 Å². The van der Waals surface area contributed by atoms with E-state index in [4.69, 9.17) is 23.2 Å². The van der Waals surface area contributed by atoms with Gasteiger partial charge in [0.05, 0.1) is 21.0 Å². The highest BCUT2D eigenvalue weighted by molar-refractivity contribution is 6.38. The second-order valence-electron chi connectivity index (χ2n) is 7.87. The summed E-state index contributed by atoms with van der Waals surface area (Å²) < 4.78 is 40.7. The zero-order valence-corrected chi connectivity index (χ0v) is 17.9. The van der Waals surface area contributed by atoms with E-state index in [0.717, 1.165) is 25.0 Å². The van der Waals surface area contributed by atoms with Gasteiger partial charge in [-0.05, 0) is 43.7 Å². The smallest absolute Gasteiger partial charge is 0.369 e. The molecule has 2 N–H and O–H groups in total. The van der Waals surface area contributed by atoms with Crippen LogP contribution >= 0.6 is 23.2 Å². The average molecular weight is 472 g/mol. The molecule has 0 saturated heterocycles. The van der Waals surface area contributed by atoms with E-state index in [9.17, 15) is 23.2 Å². The number of benzene rings is 1. The summed E-state index contributed by atoms with van der Waals surface area (Å²) in [4.78, 5) is 12.6. The quantitative estimate of drug-likeness (QED) is 0.641. The number of hydrogen-bond donors (Lipinski definition) is 2. The van der Waals surface area contributed by atoms with Crippen LogP contribution in [0.15, 0.2) is 12.1 Å². The third kappa shape index (κ3) is 3.83. The first kappa shape index (κ1) is 21.8. The zero-order chi connectivity index (χ0) is 22.6. The van der Waals surface area contributed by atoms with Crippen molar-refractivity contribution in [3.8, 4) is 11.8 Å². The molecule has 164 valence electrons. The van der Waals surface area contributed by atoms with Gasteiger partial charge in [0.1, 0.15) is 17.6 Å². The van der Waals surface area contributed by atoms with Crippen molar-refractivity contribution in [1.82, 2.24) is 15.1 Å². The fraction of sp³-hybridized carbons (Fsp3) is 0.450. The lowest BCUT2D eigenvalue weighted by atomic mass is 9.94. The number of nitrogens with one attached hydrogen (secondary N) is 2. The monoisotopic (exact) mass is 471 g/mol. The lowest BCUT2D eigenvalue weighted by Crippen LogP contribution is -2.33. The Bertz CT molecular complexity index is 1070. The number of amides is 1. The molecular formula is C20H18Cl2F3N5O. The second kappa shape index (κ2) is 7.61. The van der Waals surface area contributed by atoms with Gasteiger partial charge < -0.3 is 10.6 Å². The number of rotatable bonds is 6. The van der Waals surface area contributed by atoms with E-state index in [1.807, 2.05) is 6.07 Å². The molecule has 2 aliphatic rings. The maximum absolute atomic E-state index is 13.2. The second-order valence-corrected chi connectivity index (χ2v) is 8.68. The van der Waals surface area contributed by atoms with Gasteiger partial charge in [-0.25, -0.2) is 4.68 Å². The third-order valence-electron chi connectivity index (χ3n) is 5.69. The van der Waals surface area contributed by atoms with Crippen molar-refractivity contribution in [2.45, 2.75) is 37.3 Å². The molecule has 2 aliphatic carbocycles. The molecule has 0 aliphatic heterocycles. The minimum absolute atomic E-state index is 0.00595. The summed E-state index contributed by atoms with van der Waals surface area (Å²) in [6.07, 6.45) is -1.48. The molecule has 0 spiro atoms. The van der Waals surface area contributed by atoms with E-state index in [1.165, 1.54) is 11.7 Å². The Kier molecular flexibility index (Phi) is 5.34. The highest BCUT2D eigenvalue weighted by atomic mass is 35.5. The van der Waals surface area contributed by atoms with Gasteiger partial charge >= 0.3 is 6.18 Å². The van der Waals surface area contributed by atoms with Crippen LogP contribution in [0.5, 0.6) is 0 Å². The van der Waals surface area contributed by atoms with Gasteiger partial charge in [0.25, 0.3) is 0 Å². The first-order chi connectivity index (χ1) is 14.6. The molecule has 1 aromatic heterocycles. The van der Waals surface area contributed by atoms with Gasteiger partial charge in [0.2, 0.25) is 5.91 Å². The van der Waals surface area contributed by atoms with Crippen molar-refractivity contribution in [3.05, 3.63) is 39.0 Å². The normalized spacial score (nSPS) is 17.2. The van der Waals surface area contributed by atoms with Crippen molar-refractivity contribution >= 4 is 34.9 Å². The summed E-state index contributed by atoms with van der Waals surface area (Å²) >= 11 is 12.4. The largest absolute Gasteiger partial charge is 0.416 e. The summed E-state index contributed by atoms with van der Waals surface area (Å²) in [6, 6.07) is 3.55. The fourth-order valence-electron chi connectivity index (χ4n) is 3.72. The van der Waals surface area contributed by atoms with Gasteiger partial charge in [-0.3, -0.25) is 4.79 Å². The number of halogens is 5. The number of aromatic nitrogens is 2. The van der Waals surface area contributed by atoms with Crippen LogP contribution in [-0.4, -0.2) is 29.3 Å². The predicted octanol–water partition coefficient (Wildman–Crippen LogP) is 4.67. The number of nitrogens with zero attached hydrogens (tertiary/aromatic N) is 3. The maximum atomic E-state index is 13.2. The molecule has 31 heavy (non-hydrogen) atoms. The van der Waals surface area contributed by atoms with Crippen LogP contribution in [0.4, 0.5) is 19.0 Å². The Hall–Kier alpha value is -2.44. The SMILES string of the molecule is CNC(=O)C1(c2c(C#N)nn(-c3c(Cl)cc(C(F)(F)F)cc3Cl)c2NCC2CC2)CC1. The number of likely N-dealkylation sites (N-methyl/N-ethyl adjacent to an activating group) is 1. The number of carbonyl (C=O) groups is 1. The molecule has 4 rings (SSSR count). The number of nitriles is 1. The van der Waals surface area contributed by atoms with Crippen LogP contribution in [0.1, 0.15) is 42.5 Å². The van der Waals surface area contributed by atoms with Crippen LogP contribution in [0.3, 0.4) is 0 Å². The van der Waals surface area contributed by atoms with Crippen LogP contribution in [-0.2, 0) is 16.4 Å². The molecule has 2 saturated carbocycles. The van der Waals surface area contributed by atoms with Crippen LogP contribution in [0, 0.1) is 17.2 Å². The molecule has 2 aromatic rings. The van der Waals surface area contributed by atoms with Gasteiger partial charge in [0, 0.05) is 19.2 Å². The molecule has 2 fully saturated rings. The lowest BCUT2D eigenvalue weighted by molar-refractivity contribution is -0.137. The van der Waals surface area contributed by atoms with Crippen molar-refractivity contribution in [2.75, 3.05) is 18.9 Å². The summed E-state index contributed by atoms with van der Waals surface area (Å²) in [5.74, 6) is 0.547. The van der Waals surface area contributed by atoms with E-state index in [1.54, 1.807) is 0 Å². The van der Waals surface area contributed by atoms with Crippen LogP contribution in [0.25, 0.3) is 5.69 Å². The number of alkyl halides is 3. The molecule has 1 heterocycles. The molecule has 1 amide bonds. The Morgan fingerprint density at radius 2 is 1.94 bits per heavy atom. The fourth-order valence-corrected chi connectivity index (χ4v) is 4.37. The first-order valence-corrected chi connectivity index (χ1v) is 10.4. The average Bonchev–Trinajstić information content (AvgIpc) is 3.63. The topological polar surface area (TPSA) is 82.7 Å². The molecule has 0 atom stereocenters. The Morgan fingerprint density at radius 1 is 1.32 bits per heavy atom. The van der Waals surface area contributed by atoms with Crippen molar-refractivity contribution in [1.29, 1.82) is 5.26 Å². The first-order valence-electron chi connectivity index (χ1n) is 9.68. The lowest BCUT2D eigenvalue weighted by Gasteiger charge is -2.19. The molecule has 0 unspecified atom stereocenters. The molecule has 11 heteroatoms. The van der Waals surface area contributed by atoms with Crippen molar-refractivity contribution in [2.24, 2.45) is 5.92 Å². The van der Waals surface area contributed by atoms with E-state index >= 15 is 0 Å². The van der Waals surface area contributed by atoms with E-state index in [2.05, 4.69) is 15.7 Å². The molecule has 1 aromatic carbocycles. The predicted molar refractivity (Wildman–Crippen MR) is 109 cm³/mol. The van der Waals surface area contributed by atoms with E-state index in [0.29, 0.717) is 36.7 Å². The van der Waals surface area contributed by atoms with Gasteiger partial charge in [-0.15, -0.1) is 0 Å². The molecule has 6 nitrogen and oxygen atoms in total. The van der Waals surface area contributed by atoms with Gasteiger partial charge in [-0.2, -0.15) is 23.5 Å². The highest BCUT2D eigenvalue weighted by Gasteiger charge is 2.55. The number of carbonyl (C=O) groups excluding carboxylic acids is 1. The molecule has 0 radical (unpaired) electrons. The number of hydrogen-bond acceptors (Lipinski definition) is 4. The zero-order valence-electron chi connectivity index (χ0n) is 16.4. The van der Waals surface area contributed by atoms with E-state index in [-0.39, 0.29) is 27.3 Å². The maximum Gasteiger partial charge on any atom is 0.416 e. The summed E-state index contributed by atoms with van der Waals surface area (Å²) in [5, 5.41) is 19.4. The molecular weight excluding hydrogens is 454 g/mol. The van der Waals surface area contributed by atoms with Crippen LogP contribution in [0.2, 0.25) is 10.0 Å². The van der Waals surface area contributed by atoms with Crippen molar-refractivity contribution in [3.63, 3.8) is 0 Å². The summed E-state index contributed by atoms with van der Waals surface area (Å²) in [6.45, 7) is 0.573.